The second-order valence-corrected chi connectivity index (χ2v) is 10.1. The molecular formula is C20H19BClN5O4S2. The molecule has 0 bridgehead atoms. The zero-order chi connectivity index (χ0) is 23.6. The molecule has 1 aromatic carbocycles. The number of aromatic nitrogens is 3. The maximum Gasteiger partial charge on any atom is 0.349 e. The fourth-order valence-electron chi connectivity index (χ4n) is 3.21. The van der Waals surface area contributed by atoms with Crippen LogP contribution in [-0.4, -0.2) is 57.0 Å². The first-order valence-electron chi connectivity index (χ1n) is 9.81. The lowest BCUT2D eigenvalue weighted by Gasteiger charge is -2.12. The van der Waals surface area contributed by atoms with Crippen LogP contribution in [0.15, 0.2) is 52.9 Å². The van der Waals surface area contributed by atoms with Crippen molar-refractivity contribution >= 4 is 63.7 Å². The summed E-state index contributed by atoms with van der Waals surface area (Å²) in [5.41, 5.74) is 3.00. The Kier molecular flexibility index (Phi) is 6.70. The summed E-state index contributed by atoms with van der Waals surface area (Å²) in [6, 6.07) is 10.6. The van der Waals surface area contributed by atoms with E-state index in [-0.39, 0.29) is 22.9 Å². The zero-order valence-corrected chi connectivity index (χ0v) is 20.1. The maximum atomic E-state index is 12.7. The van der Waals surface area contributed by atoms with Gasteiger partial charge in [0.05, 0.1) is 12.8 Å². The summed E-state index contributed by atoms with van der Waals surface area (Å²) in [4.78, 5) is 16.4. The van der Waals surface area contributed by atoms with Gasteiger partial charge >= 0.3 is 5.97 Å². The van der Waals surface area contributed by atoms with Gasteiger partial charge in [-0.2, -0.15) is 9.61 Å². The number of nitrogens with zero attached hydrogens (tertiary/aromatic N) is 3. The van der Waals surface area contributed by atoms with Crippen molar-refractivity contribution in [1.29, 1.82) is 0 Å². The molecule has 3 heterocycles. The molecule has 0 aliphatic rings. The number of sulfonamides is 1. The first kappa shape index (κ1) is 23.2. The van der Waals surface area contributed by atoms with Gasteiger partial charge in [-0.25, -0.2) is 22.9 Å². The number of esters is 1. The van der Waals surface area contributed by atoms with Crippen molar-refractivity contribution in [1.82, 2.24) is 19.3 Å². The number of carbonyl (C=O) groups excluding carboxylic acids is 1. The quantitative estimate of drug-likeness (QED) is 0.213. The Morgan fingerprint density at radius 1 is 1.27 bits per heavy atom. The van der Waals surface area contributed by atoms with E-state index in [1.165, 1.54) is 18.6 Å². The van der Waals surface area contributed by atoms with Crippen LogP contribution in [0.5, 0.6) is 0 Å². The van der Waals surface area contributed by atoms with Crippen LogP contribution in [0.2, 0.25) is 5.02 Å². The third-order valence-corrected chi connectivity index (χ3v) is 7.67. The van der Waals surface area contributed by atoms with Crippen molar-refractivity contribution in [3.63, 3.8) is 0 Å². The van der Waals surface area contributed by atoms with Gasteiger partial charge in [-0.1, -0.05) is 29.8 Å². The lowest BCUT2D eigenvalue weighted by Crippen LogP contribution is -2.30. The second-order valence-electron chi connectivity index (χ2n) is 7.00. The Balaban J connectivity index is 1.53. The zero-order valence-electron chi connectivity index (χ0n) is 17.7. The summed E-state index contributed by atoms with van der Waals surface area (Å²) < 4.78 is 34.1. The van der Waals surface area contributed by atoms with Crippen molar-refractivity contribution in [3.8, 4) is 11.3 Å². The number of halogens is 1. The molecule has 0 saturated heterocycles. The number of nitrogens with one attached hydrogen (secondary N) is 2. The summed E-state index contributed by atoms with van der Waals surface area (Å²) in [7, 11) is -0.771. The van der Waals surface area contributed by atoms with Crippen molar-refractivity contribution in [2.24, 2.45) is 0 Å². The third kappa shape index (κ3) is 4.74. The van der Waals surface area contributed by atoms with Gasteiger partial charge in [0, 0.05) is 35.9 Å². The van der Waals surface area contributed by atoms with E-state index < -0.39 is 16.0 Å². The molecule has 0 spiro atoms. The van der Waals surface area contributed by atoms with Crippen LogP contribution in [0, 0.1) is 0 Å². The molecular weight excluding hydrogens is 485 g/mol. The molecule has 170 valence electrons. The summed E-state index contributed by atoms with van der Waals surface area (Å²) >= 11 is 7.37. The van der Waals surface area contributed by atoms with Gasteiger partial charge in [0.1, 0.15) is 23.4 Å². The van der Waals surface area contributed by atoms with Gasteiger partial charge in [-0.05, 0) is 23.0 Å². The molecule has 9 nitrogen and oxygen atoms in total. The number of hydrogen-bond donors (Lipinski definition) is 2. The Labute approximate surface area is 200 Å². The number of anilines is 1. The Bertz CT molecular complexity index is 1440. The summed E-state index contributed by atoms with van der Waals surface area (Å²) in [6.45, 7) is 0.335. The monoisotopic (exact) mass is 503 g/mol. The van der Waals surface area contributed by atoms with Gasteiger partial charge in [-0.3, -0.25) is 0 Å². The van der Waals surface area contributed by atoms with Gasteiger partial charge in [0.2, 0.25) is 10.0 Å². The van der Waals surface area contributed by atoms with Crippen LogP contribution in [0.3, 0.4) is 0 Å². The first-order valence-corrected chi connectivity index (χ1v) is 12.6. The average molecular weight is 504 g/mol. The molecule has 0 atom stereocenters. The van der Waals surface area contributed by atoms with Crippen LogP contribution in [0.25, 0.3) is 16.9 Å². The average Bonchev–Trinajstić information content (AvgIpc) is 3.44. The van der Waals surface area contributed by atoms with Crippen molar-refractivity contribution < 1.29 is 17.9 Å². The largest absolute Gasteiger partial charge is 0.465 e. The molecule has 4 rings (SSSR count). The molecule has 0 amide bonds. The lowest BCUT2D eigenvalue weighted by atomic mass is 10.0. The van der Waals surface area contributed by atoms with Crippen LogP contribution in [0.1, 0.15) is 9.67 Å². The number of benzene rings is 1. The number of ether oxygens (including phenoxy) is 1. The van der Waals surface area contributed by atoms with E-state index in [0.29, 0.717) is 22.2 Å². The highest BCUT2D eigenvalue weighted by Gasteiger charge is 2.24. The van der Waals surface area contributed by atoms with Gasteiger partial charge in [0.25, 0.3) is 0 Å². The van der Waals surface area contributed by atoms with E-state index in [2.05, 4.69) is 24.9 Å². The predicted molar refractivity (Wildman–Crippen MR) is 131 cm³/mol. The van der Waals surface area contributed by atoms with E-state index in [1.807, 2.05) is 32.1 Å². The molecule has 0 unspecified atom stereocenters. The van der Waals surface area contributed by atoms with Crippen LogP contribution in [0.4, 0.5) is 5.82 Å². The second kappa shape index (κ2) is 9.52. The number of carbonyl (C=O) groups is 1. The van der Waals surface area contributed by atoms with Crippen LogP contribution >= 0.6 is 22.9 Å². The standard InChI is InChI=1S/C20H19BClN5O4S2/c1-31-20(28)18-16(6-9-32-18)33(29,30)25-8-7-23-17-10-15(12-4-2-3-5-14(12)22)26-19-13(21)11-24-27(17)19/h2-6,9-11,23,25H,7-8,21H2,1H3. The topological polar surface area (TPSA) is 115 Å². The molecule has 13 heteroatoms. The Morgan fingerprint density at radius 3 is 2.82 bits per heavy atom. The number of methoxy groups -OCH3 is 1. The van der Waals surface area contributed by atoms with E-state index in [1.54, 1.807) is 16.8 Å². The van der Waals surface area contributed by atoms with Crippen LogP contribution in [-0.2, 0) is 14.8 Å². The van der Waals surface area contributed by atoms with Crippen LogP contribution < -0.4 is 15.5 Å². The molecule has 0 fully saturated rings. The highest BCUT2D eigenvalue weighted by atomic mass is 35.5. The number of thiophene rings is 1. The molecule has 0 saturated carbocycles. The number of rotatable bonds is 8. The third-order valence-electron chi connectivity index (χ3n) is 4.81. The van der Waals surface area contributed by atoms with Gasteiger partial charge < -0.3 is 10.1 Å². The minimum Gasteiger partial charge on any atom is -0.465 e. The van der Waals surface area contributed by atoms with E-state index >= 15 is 0 Å². The fourth-order valence-corrected chi connectivity index (χ4v) is 5.81. The summed E-state index contributed by atoms with van der Waals surface area (Å²) in [5, 5.41) is 9.65. The highest BCUT2D eigenvalue weighted by molar-refractivity contribution is 7.89. The maximum absolute atomic E-state index is 12.7. The molecule has 4 aromatic rings. The predicted octanol–water partition coefficient (Wildman–Crippen LogP) is 1.55. The van der Waals surface area contributed by atoms with Crippen molar-refractivity contribution in [3.05, 3.63) is 57.9 Å². The molecule has 33 heavy (non-hydrogen) atoms. The Hall–Kier alpha value is -2.93. The van der Waals surface area contributed by atoms with Crippen molar-refractivity contribution in [2.45, 2.75) is 4.90 Å². The van der Waals surface area contributed by atoms with Crippen molar-refractivity contribution in [2.75, 3.05) is 25.5 Å². The first-order chi connectivity index (χ1) is 15.8. The van der Waals surface area contributed by atoms with E-state index in [0.717, 1.165) is 22.4 Å². The minimum absolute atomic E-state index is 0.0326. The smallest absolute Gasteiger partial charge is 0.349 e. The Morgan fingerprint density at radius 2 is 2.06 bits per heavy atom. The number of fused-ring (bicyclic) bond motifs is 1. The lowest BCUT2D eigenvalue weighted by molar-refractivity contribution is 0.0602. The van der Waals surface area contributed by atoms with Gasteiger partial charge in [-0.15, -0.1) is 11.3 Å². The summed E-state index contributed by atoms with van der Waals surface area (Å²) in [5.74, 6) is -0.0585. The SMILES string of the molecule is Bc1cnn2c(NCCNS(=O)(=O)c3ccsc3C(=O)OC)cc(-c3ccccc3Cl)nc12. The highest BCUT2D eigenvalue weighted by Crippen LogP contribution is 2.28. The normalized spacial score (nSPS) is 11.6. The van der Waals surface area contributed by atoms with Gasteiger partial charge in [0.15, 0.2) is 5.65 Å². The fraction of sp³-hybridized carbons (Fsp3) is 0.150. The molecule has 2 N–H and O–H groups in total. The minimum atomic E-state index is -3.88. The molecule has 0 aliphatic heterocycles. The van der Waals surface area contributed by atoms with E-state index in [9.17, 15) is 13.2 Å². The summed E-state index contributed by atoms with van der Waals surface area (Å²) in [6.07, 6.45) is 1.71. The molecule has 0 radical (unpaired) electrons. The number of hydrogen-bond acceptors (Lipinski definition) is 8. The molecule has 3 aromatic heterocycles. The molecule has 0 aliphatic carbocycles. The van der Waals surface area contributed by atoms with E-state index in [4.69, 9.17) is 11.6 Å².